The summed E-state index contributed by atoms with van der Waals surface area (Å²) in [5.41, 5.74) is -0.413. The summed E-state index contributed by atoms with van der Waals surface area (Å²) in [6.07, 6.45) is -0.959. The molecule has 9 nitrogen and oxygen atoms in total. The molecule has 0 unspecified atom stereocenters. The second-order valence-corrected chi connectivity index (χ2v) is 11.8. The number of alkyl halides is 3. The molecule has 2 aromatic carbocycles. The third-order valence-electron chi connectivity index (χ3n) is 8.26. The number of aromatic nitrogens is 1. The summed E-state index contributed by atoms with van der Waals surface area (Å²) in [4.78, 5) is 35.5. The summed E-state index contributed by atoms with van der Waals surface area (Å²) in [5, 5.41) is 14.2. The van der Waals surface area contributed by atoms with E-state index in [0.29, 0.717) is 34.7 Å². The van der Waals surface area contributed by atoms with Crippen LogP contribution in [0.15, 0.2) is 46.1 Å². The Labute approximate surface area is 252 Å². The Morgan fingerprint density at radius 1 is 1.07 bits per heavy atom. The Morgan fingerprint density at radius 2 is 1.79 bits per heavy atom. The number of piperazine rings is 1. The molecule has 2 fully saturated rings. The van der Waals surface area contributed by atoms with E-state index in [1.165, 1.54) is 6.20 Å². The Hall–Kier alpha value is -3.66. The van der Waals surface area contributed by atoms with Gasteiger partial charge >= 0.3 is 6.18 Å². The van der Waals surface area contributed by atoms with Gasteiger partial charge in [0.25, 0.3) is 10.9 Å². The lowest BCUT2D eigenvalue weighted by molar-refractivity contribution is -0.115. The lowest BCUT2D eigenvalue weighted by Crippen LogP contribution is -2.61. The number of hydrogen-bond acceptors (Lipinski definition) is 9. The number of hydrogen-bond donors (Lipinski definition) is 2. The molecule has 2 aliphatic rings. The fourth-order valence-electron chi connectivity index (χ4n) is 6.09. The summed E-state index contributed by atoms with van der Waals surface area (Å²) < 4.78 is 37.7. The molecule has 5 rings (SSSR count). The molecule has 3 heterocycles. The van der Waals surface area contributed by atoms with Crippen molar-refractivity contribution in [1.29, 1.82) is 5.26 Å². The first-order valence-electron chi connectivity index (χ1n) is 14.2. The highest BCUT2D eigenvalue weighted by molar-refractivity contribution is 6.33. The van der Waals surface area contributed by atoms with Crippen molar-refractivity contribution >= 4 is 34.5 Å². The quantitative estimate of drug-likeness (QED) is 0.355. The van der Waals surface area contributed by atoms with Gasteiger partial charge in [0.1, 0.15) is 23.7 Å². The molecule has 0 spiro atoms. The van der Waals surface area contributed by atoms with Crippen molar-refractivity contribution in [3.63, 3.8) is 0 Å². The molecule has 0 aliphatic carbocycles. The van der Waals surface area contributed by atoms with Gasteiger partial charge in [-0.3, -0.25) is 19.4 Å². The highest BCUT2D eigenvalue weighted by Gasteiger charge is 2.36. The van der Waals surface area contributed by atoms with Crippen LogP contribution in [0.3, 0.4) is 0 Å². The van der Waals surface area contributed by atoms with Crippen LogP contribution >= 0.6 is 11.6 Å². The maximum absolute atomic E-state index is 12.6. The minimum absolute atomic E-state index is 0.124. The molecule has 0 amide bonds. The van der Waals surface area contributed by atoms with Crippen LogP contribution in [0.25, 0.3) is 0 Å². The van der Waals surface area contributed by atoms with Crippen molar-refractivity contribution in [3.05, 3.63) is 73.1 Å². The number of nitriles is 1. The Balaban J connectivity index is 1.18. The van der Waals surface area contributed by atoms with Gasteiger partial charge in [0, 0.05) is 37.8 Å². The first kappa shape index (κ1) is 30.8. The van der Waals surface area contributed by atoms with Gasteiger partial charge in [0.15, 0.2) is 0 Å². The van der Waals surface area contributed by atoms with E-state index in [1.54, 1.807) is 6.07 Å². The maximum Gasteiger partial charge on any atom is 0.405 e. The van der Waals surface area contributed by atoms with Crippen LogP contribution in [0, 0.1) is 11.3 Å². The number of rotatable bonds is 8. The van der Waals surface area contributed by atoms with E-state index in [1.807, 2.05) is 23.5 Å². The number of halogens is 4. The summed E-state index contributed by atoms with van der Waals surface area (Å²) in [7, 11) is 0. The maximum atomic E-state index is 12.6. The fourth-order valence-corrected chi connectivity index (χ4v) is 6.36. The molecular weight excluding hydrogens is 583 g/mol. The molecule has 43 heavy (non-hydrogen) atoms. The van der Waals surface area contributed by atoms with Crippen LogP contribution in [0.2, 0.25) is 5.02 Å². The zero-order valence-electron chi connectivity index (χ0n) is 23.9. The van der Waals surface area contributed by atoms with Gasteiger partial charge < -0.3 is 15.5 Å². The van der Waals surface area contributed by atoms with Gasteiger partial charge in [0.2, 0.25) is 0 Å². The van der Waals surface area contributed by atoms with Crippen LogP contribution in [-0.2, 0) is 6.54 Å². The normalized spacial score (nSPS) is 20.7. The Bertz CT molecular complexity index is 1580. The van der Waals surface area contributed by atoms with Crippen molar-refractivity contribution in [3.8, 4) is 6.07 Å². The number of nitrogens with zero attached hydrogens (tertiary/aromatic N) is 5. The van der Waals surface area contributed by atoms with Crippen molar-refractivity contribution in [2.75, 3.05) is 48.3 Å². The van der Waals surface area contributed by atoms with E-state index in [9.17, 15) is 28.0 Å². The standard InChI is InChI=1S/C30H33ClF3N7O2/c1-18-15-41(19(2)14-40(18)23-6-8-39(9-7-23)16-21-5-3-4-20(10-21)12-35)29-24(31)11-22(13-36-29)38-26-25(27(42)28(26)43)37-17-30(32,33)34/h3-5,10-11,13,18-19,23,37-38H,6-9,14-17H2,1-2H3/t18-,19+/m1/s1. The van der Waals surface area contributed by atoms with Gasteiger partial charge in [-0.2, -0.15) is 18.4 Å². The van der Waals surface area contributed by atoms with E-state index >= 15 is 0 Å². The molecule has 2 atom stereocenters. The Kier molecular flexibility index (Phi) is 8.96. The lowest BCUT2D eigenvalue weighted by atomic mass is 9.97. The third kappa shape index (κ3) is 6.95. The zero-order chi connectivity index (χ0) is 30.9. The van der Waals surface area contributed by atoms with Gasteiger partial charge in [-0.25, -0.2) is 4.98 Å². The van der Waals surface area contributed by atoms with Crippen molar-refractivity contribution < 1.29 is 13.2 Å². The zero-order valence-corrected chi connectivity index (χ0v) is 24.7. The number of nitrogens with one attached hydrogen (secondary N) is 2. The fraction of sp³-hybridized carbons (Fsp3) is 0.467. The van der Waals surface area contributed by atoms with Crippen LogP contribution < -0.4 is 26.4 Å². The first-order valence-corrected chi connectivity index (χ1v) is 14.6. The van der Waals surface area contributed by atoms with Crippen LogP contribution in [0.1, 0.15) is 37.8 Å². The third-order valence-corrected chi connectivity index (χ3v) is 8.54. The highest BCUT2D eigenvalue weighted by atomic mass is 35.5. The smallest absolute Gasteiger partial charge is 0.371 e. The summed E-state index contributed by atoms with van der Waals surface area (Å²) >= 11 is 6.62. The van der Waals surface area contributed by atoms with E-state index in [-0.39, 0.29) is 17.8 Å². The number of anilines is 4. The van der Waals surface area contributed by atoms with Crippen LogP contribution in [0.5, 0.6) is 0 Å². The molecule has 1 aromatic heterocycles. The topological polar surface area (TPSA) is 105 Å². The predicted octanol–water partition coefficient (Wildman–Crippen LogP) is 4.48. The summed E-state index contributed by atoms with van der Waals surface area (Å²) in [6, 6.07) is 12.4. The summed E-state index contributed by atoms with van der Waals surface area (Å²) in [6.45, 7) is 7.27. The molecule has 2 aliphatic heterocycles. The van der Waals surface area contributed by atoms with Crippen LogP contribution in [0.4, 0.5) is 36.1 Å². The van der Waals surface area contributed by atoms with E-state index < -0.39 is 29.3 Å². The van der Waals surface area contributed by atoms with Gasteiger partial charge in [-0.05, 0) is 63.5 Å². The average Bonchev–Trinajstić information content (AvgIpc) is 2.97. The second kappa shape index (κ2) is 12.5. The molecule has 0 bridgehead atoms. The monoisotopic (exact) mass is 615 g/mol. The lowest BCUT2D eigenvalue weighted by Gasteiger charge is -2.49. The molecule has 3 aromatic rings. The minimum atomic E-state index is -4.54. The van der Waals surface area contributed by atoms with Crippen molar-refractivity contribution in [2.24, 2.45) is 0 Å². The van der Waals surface area contributed by atoms with E-state index in [2.05, 4.69) is 51.0 Å². The van der Waals surface area contributed by atoms with Crippen molar-refractivity contribution in [1.82, 2.24) is 14.8 Å². The van der Waals surface area contributed by atoms with E-state index in [4.69, 9.17) is 11.6 Å². The van der Waals surface area contributed by atoms with Gasteiger partial charge in [-0.15, -0.1) is 0 Å². The van der Waals surface area contributed by atoms with Gasteiger partial charge in [-0.1, -0.05) is 23.7 Å². The average molecular weight is 616 g/mol. The largest absolute Gasteiger partial charge is 0.405 e. The number of benzene rings is 1. The van der Waals surface area contributed by atoms with Gasteiger partial charge in [0.05, 0.1) is 28.5 Å². The minimum Gasteiger partial charge on any atom is -0.371 e. The first-order chi connectivity index (χ1) is 20.4. The summed E-state index contributed by atoms with van der Waals surface area (Å²) in [5.74, 6) is 0.584. The SMILES string of the molecule is C[C@@H]1CN(c2ncc(Nc3c(NCC(F)(F)F)c(=O)c3=O)cc2Cl)[C@@H](C)CN1C1CCN(Cc2cccc(C#N)c2)CC1. The molecule has 2 N–H and O–H groups in total. The number of pyridine rings is 1. The molecule has 2 saturated heterocycles. The Morgan fingerprint density at radius 3 is 2.47 bits per heavy atom. The number of piperidine rings is 1. The molecule has 13 heteroatoms. The molecular formula is C30H33ClF3N7O2. The number of likely N-dealkylation sites (tertiary alicyclic amines) is 1. The molecule has 228 valence electrons. The highest BCUT2D eigenvalue weighted by Crippen LogP contribution is 2.33. The molecule has 0 saturated carbocycles. The van der Waals surface area contributed by atoms with E-state index in [0.717, 1.165) is 44.6 Å². The second-order valence-electron chi connectivity index (χ2n) is 11.4. The molecule has 0 radical (unpaired) electrons. The van der Waals surface area contributed by atoms with Crippen LogP contribution in [-0.4, -0.2) is 71.8 Å². The van der Waals surface area contributed by atoms with Crippen molar-refractivity contribution in [2.45, 2.75) is 57.5 Å². The predicted molar refractivity (Wildman–Crippen MR) is 161 cm³/mol.